The summed E-state index contributed by atoms with van der Waals surface area (Å²) < 4.78 is 36.8. The summed E-state index contributed by atoms with van der Waals surface area (Å²) in [5.74, 6) is 1.08. The summed E-state index contributed by atoms with van der Waals surface area (Å²) in [7, 11) is -0.262. The minimum absolute atomic E-state index is 0.0170. The first kappa shape index (κ1) is 25.2. The van der Waals surface area contributed by atoms with Gasteiger partial charge < -0.3 is 14.4 Å². The van der Waals surface area contributed by atoms with Crippen molar-refractivity contribution in [2.75, 3.05) is 39.6 Å². The van der Waals surface area contributed by atoms with E-state index in [1.165, 1.54) is 4.31 Å². The lowest BCUT2D eigenvalue weighted by molar-refractivity contribution is -0.132. The number of thiophene rings is 1. The highest BCUT2D eigenvalue weighted by Crippen LogP contribution is 2.28. The van der Waals surface area contributed by atoms with E-state index in [-0.39, 0.29) is 18.2 Å². The van der Waals surface area contributed by atoms with Crippen LogP contribution in [0, 0.1) is 0 Å². The van der Waals surface area contributed by atoms with Gasteiger partial charge in [-0.15, -0.1) is 11.3 Å². The highest BCUT2D eigenvalue weighted by atomic mass is 32.2. The molecule has 2 aromatic rings. The summed E-state index contributed by atoms with van der Waals surface area (Å²) in [5, 5.41) is 1.97. The maximum atomic E-state index is 13.1. The van der Waals surface area contributed by atoms with Gasteiger partial charge >= 0.3 is 0 Å². The number of ether oxygens (including phenoxy) is 2. The maximum Gasteiger partial charge on any atom is 0.238 e. The second-order valence-corrected chi connectivity index (χ2v) is 10.4. The molecule has 0 N–H and O–H groups in total. The molecule has 1 amide bonds. The smallest absolute Gasteiger partial charge is 0.238 e. The van der Waals surface area contributed by atoms with Crippen LogP contribution in [-0.2, 0) is 27.8 Å². The zero-order valence-corrected chi connectivity index (χ0v) is 20.3. The van der Waals surface area contributed by atoms with Gasteiger partial charge in [-0.25, -0.2) is 8.42 Å². The van der Waals surface area contributed by atoms with Gasteiger partial charge in [0.1, 0.15) is 0 Å². The Morgan fingerprint density at radius 2 is 1.81 bits per heavy atom. The topological polar surface area (TPSA) is 76.2 Å². The number of sulfonamides is 1. The molecule has 0 atom stereocenters. The van der Waals surface area contributed by atoms with Gasteiger partial charge in [-0.05, 0) is 48.9 Å². The largest absolute Gasteiger partial charge is 0.493 e. The first-order chi connectivity index (χ1) is 14.8. The predicted octanol–water partition coefficient (Wildman–Crippen LogP) is 3.40. The van der Waals surface area contributed by atoms with E-state index in [1.807, 2.05) is 42.6 Å². The second-order valence-electron chi connectivity index (χ2n) is 7.07. The number of rotatable bonds is 13. The number of hydrogen-bond donors (Lipinski definition) is 0. The van der Waals surface area contributed by atoms with Crippen LogP contribution in [0.4, 0.5) is 0 Å². The van der Waals surface area contributed by atoms with Crippen LogP contribution in [0.2, 0.25) is 0 Å². The molecular weight excluding hydrogens is 436 g/mol. The van der Waals surface area contributed by atoms with Crippen molar-refractivity contribution < 1.29 is 22.7 Å². The first-order valence-electron chi connectivity index (χ1n) is 10.3. The van der Waals surface area contributed by atoms with Crippen molar-refractivity contribution in [3.63, 3.8) is 0 Å². The maximum absolute atomic E-state index is 13.1. The molecule has 1 aromatic heterocycles. The standard InChI is InChI=1S/C22H32N2O5S2/c1-5-12-24(31(26,27)6-2)17-22(25)23(16-19-8-7-14-30-19)13-11-18-9-10-20(28-3)21(15-18)29-4/h7-10,14-15H,5-6,11-13,16-17H2,1-4H3. The molecule has 0 bridgehead atoms. The van der Waals surface area contributed by atoms with E-state index in [2.05, 4.69) is 0 Å². The van der Waals surface area contributed by atoms with Crippen LogP contribution in [0.15, 0.2) is 35.7 Å². The van der Waals surface area contributed by atoms with E-state index in [4.69, 9.17) is 9.47 Å². The number of carbonyl (C=O) groups is 1. The van der Waals surface area contributed by atoms with E-state index in [1.54, 1.807) is 37.4 Å². The molecule has 0 fully saturated rings. The third-order valence-electron chi connectivity index (χ3n) is 4.94. The fraction of sp³-hybridized carbons (Fsp3) is 0.500. The summed E-state index contributed by atoms with van der Waals surface area (Å²) >= 11 is 1.58. The normalized spacial score (nSPS) is 11.5. The molecule has 0 aliphatic heterocycles. The van der Waals surface area contributed by atoms with Crippen LogP contribution >= 0.6 is 11.3 Å². The minimum atomic E-state index is -3.44. The van der Waals surface area contributed by atoms with Gasteiger partial charge in [-0.2, -0.15) is 4.31 Å². The van der Waals surface area contributed by atoms with Gasteiger partial charge in [0, 0.05) is 18.0 Å². The average Bonchev–Trinajstić information content (AvgIpc) is 3.29. The molecule has 0 spiro atoms. The van der Waals surface area contributed by atoms with Crippen molar-refractivity contribution in [2.24, 2.45) is 0 Å². The fourth-order valence-electron chi connectivity index (χ4n) is 3.18. The van der Waals surface area contributed by atoms with Crippen LogP contribution in [0.3, 0.4) is 0 Å². The summed E-state index contributed by atoms with van der Waals surface area (Å²) in [4.78, 5) is 15.9. The van der Waals surface area contributed by atoms with Gasteiger partial charge in [0.2, 0.25) is 15.9 Å². The van der Waals surface area contributed by atoms with Crippen molar-refractivity contribution in [2.45, 2.75) is 33.2 Å². The molecule has 0 saturated carbocycles. The fourth-order valence-corrected chi connectivity index (χ4v) is 5.03. The number of carbonyl (C=O) groups excluding carboxylic acids is 1. The van der Waals surface area contributed by atoms with Gasteiger partial charge in [0.15, 0.2) is 11.5 Å². The lowest BCUT2D eigenvalue weighted by Crippen LogP contribution is -2.44. The third kappa shape index (κ3) is 7.22. The third-order valence-corrected chi connectivity index (χ3v) is 7.63. The SMILES string of the molecule is CCCN(CC(=O)N(CCc1ccc(OC)c(OC)c1)Cc1cccs1)S(=O)(=O)CC. The van der Waals surface area contributed by atoms with Gasteiger partial charge in [-0.3, -0.25) is 4.79 Å². The summed E-state index contributed by atoms with van der Waals surface area (Å²) in [6.07, 6.45) is 1.27. The van der Waals surface area contributed by atoms with Crippen molar-refractivity contribution >= 4 is 27.3 Å². The zero-order chi connectivity index (χ0) is 22.9. The number of methoxy groups -OCH3 is 2. The van der Waals surface area contributed by atoms with E-state index in [0.717, 1.165) is 10.4 Å². The van der Waals surface area contributed by atoms with E-state index in [9.17, 15) is 13.2 Å². The Labute approximate surface area is 189 Å². The summed E-state index contributed by atoms with van der Waals surface area (Å²) in [6, 6.07) is 9.62. The molecule has 31 heavy (non-hydrogen) atoms. The van der Waals surface area contributed by atoms with Gasteiger partial charge in [0.25, 0.3) is 0 Å². The Kier molecular flexibility index (Phi) is 9.80. The Balaban J connectivity index is 2.17. The molecule has 0 aliphatic rings. The summed E-state index contributed by atoms with van der Waals surface area (Å²) in [5.41, 5.74) is 1.01. The first-order valence-corrected chi connectivity index (χ1v) is 12.8. The Hall–Kier alpha value is -2.10. The van der Waals surface area contributed by atoms with Crippen molar-refractivity contribution in [3.05, 3.63) is 46.2 Å². The molecule has 0 aliphatic carbocycles. The zero-order valence-electron chi connectivity index (χ0n) is 18.7. The number of amides is 1. The van der Waals surface area contributed by atoms with E-state index in [0.29, 0.717) is 44.0 Å². The molecule has 172 valence electrons. The number of hydrogen-bond acceptors (Lipinski definition) is 6. The lowest BCUT2D eigenvalue weighted by Gasteiger charge is -2.27. The highest BCUT2D eigenvalue weighted by molar-refractivity contribution is 7.89. The Bertz CT molecular complexity index is 929. The van der Waals surface area contributed by atoms with Crippen LogP contribution in [0.5, 0.6) is 11.5 Å². The van der Waals surface area contributed by atoms with Crippen LogP contribution in [-0.4, -0.2) is 63.1 Å². The quantitative estimate of drug-likeness (QED) is 0.450. The van der Waals surface area contributed by atoms with Crippen molar-refractivity contribution in [3.8, 4) is 11.5 Å². The van der Waals surface area contributed by atoms with Gasteiger partial charge in [-0.1, -0.05) is 19.1 Å². The average molecular weight is 469 g/mol. The lowest BCUT2D eigenvalue weighted by atomic mass is 10.1. The molecule has 0 radical (unpaired) electrons. The summed E-state index contributed by atoms with van der Waals surface area (Å²) in [6.45, 7) is 4.63. The Morgan fingerprint density at radius 3 is 2.39 bits per heavy atom. The predicted molar refractivity (Wildman–Crippen MR) is 124 cm³/mol. The van der Waals surface area contributed by atoms with Crippen molar-refractivity contribution in [1.82, 2.24) is 9.21 Å². The monoisotopic (exact) mass is 468 g/mol. The van der Waals surface area contributed by atoms with Crippen LogP contribution in [0.1, 0.15) is 30.7 Å². The molecule has 1 aromatic carbocycles. The van der Waals surface area contributed by atoms with Gasteiger partial charge in [0.05, 0.1) is 33.1 Å². The van der Waals surface area contributed by atoms with E-state index >= 15 is 0 Å². The second kappa shape index (κ2) is 12.1. The van der Waals surface area contributed by atoms with Crippen LogP contribution < -0.4 is 9.47 Å². The minimum Gasteiger partial charge on any atom is -0.493 e. The van der Waals surface area contributed by atoms with Crippen molar-refractivity contribution in [1.29, 1.82) is 0 Å². The Morgan fingerprint density at radius 1 is 1.06 bits per heavy atom. The molecule has 7 nitrogen and oxygen atoms in total. The molecule has 0 saturated heterocycles. The van der Waals surface area contributed by atoms with Crippen LogP contribution in [0.25, 0.3) is 0 Å². The molecule has 0 unspecified atom stereocenters. The number of benzene rings is 1. The molecule has 9 heteroatoms. The number of nitrogens with zero attached hydrogens (tertiary/aromatic N) is 2. The molecule has 2 rings (SSSR count). The van der Waals surface area contributed by atoms with E-state index < -0.39 is 10.0 Å². The molecular formula is C22H32N2O5S2. The molecule has 1 heterocycles. The highest BCUT2D eigenvalue weighted by Gasteiger charge is 2.25.